The summed E-state index contributed by atoms with van der Waals surface area (Å²) in [7, 11) is 0. The van der Waals surface area contributed by atoms with E-state index in [2.05, 4.69) is 31.2 Å². The van der Waals surface area contributed by atoms with Crippen LogP contribution in [0.25, 0.3) is 0 Å². The summed E-state index contributed by atoms with van der Waals surface area (Å²) in [5.74, 6) is 0.229. The zero-order valence-electron chi connectivity index (χ0n) is 12.3. The third-order valence-corrected chi connectivity index (χ3v) is 5.38. The third kappa shape index (κ3) is 2.36. The fourth-order valence-electron chi connectivity index (χ4n) is 3.04. The first-order chi connectivity index (χ1) is 10.2. The van der Waals surface area contributed by atoms with E-state index in [1.807, 2.05) is 48.2 Å². The summed E-state index contributed by atoms with van der Waals surface area (Å²) >= 11 is 1.67. The molecule has 2 aromatic rings. The molecule has 3 rings (SSSR count). The Hall–Kier alpha value is -1.74. The van der Waals surface area contributed by atoms with Crippen LogP contribution in [0.4, 0.5) is 0 Å². The van der Waals surface area contributed by atoms with E-state index in [1.54, 1.807) is 11.8 Å². The SMILES string of the molecule is CCN1C(=O)[C@@](C)(Sc2ccccc2)[C@@H]1c1ccccc1. The molecule has 0 saturated carbocycles. The highest BCUT2D eigenvalue weighted by molar-refractivity contribution is 8.01. The van der Waals surface area contributed by atoms with E-state index in [0.29, 0.717) is 0 Å². The van der Waals surface area contributed by atoms with Crippen molar-refractivity contribution in [2.45, 2.75) is 29.5 Å². The van der Waals surface area contributed by atoms with E-state index >= 15 is 0 Å². The lowest BCUT2D eigenvalue weighted by molar-refractivity contribution is -0.151. The van der Waals surface area contributed by atoms with E-state index in [9.17, 15) is 4.79 Å². The molecule has 1 amide bonds. The van der Waals surface area contributed by atoms with Crippen molar-refractivity contribution in [3.63, 3.8) is 0 Å². The summed E-state index contributed by atoms with van der Waals surface area (Å²) < 4.78 is -0.418. The summed E-state index contributed by atoms with van der Waals surface area (Å²) in [6.45, 7) is 4.86. The van der Waals surface area contributed by atoms with Crippen LogP contribution in [-0.4, -0.2) is 22.1 Å². The number of benzene rings is 2. The predicted molar refractivity (Wildman–Crippen MR) is 87.3 cm³/mol. The van der Waals surface area contributed by atoms with Crippen molar-refractivity contribution < 1.29 is 4.79 Å². The summed E-state index contributed by atoms with van der Waals surface area (Å²) in [6.07, 6.45) is 0. The van der Waals surface area contributed by atoms with Crippen molar-refractivity contribution >= 4 is 17.7 Å². The zero-order valence-corrected chi connectivity index (χ0v) is 13.1. The Labute approximate surface area is 130 Å². The van der Waals surface area contributed by atoms with Crippen LogP contribution in [0, 0.1) is 0 Å². The molecule has 1 fully saturated rings. The van der Waals surface area contributed by atoms with Crippen LogP contribution in [-0.2, 0) is 4.79 Å². The molecule has 108 valence electrons. The van der Waals surface area contributed by atoms with Gasteiger partial charge in [-0.05, 0) is 31.5 Å². The molecule has 1 saturated heterocycles. The first kappa shape index (κ1) is 14.2. The Bertz CT molecular complexity index is 628. The fourth-order valence-corrected chi connectivity index (χ4v) is 4.41. The largest absolute Gasteiger partial charge is 0.333 e. The van der Waals surface area contributed by atoms with E-state index in [4.69, 9.17) is 0 Å². The minimum Gasteiger partial charge on any atom is -0.333 e. The molecule has 2 aromatic carbocycles. The van der Waals surface area contributed by atoms with Gasteiger partial charge < -0.3 is 4.90 Å². The lowest BCUT2D eigenvalue weighted by atomic mass is 9.83. The van der Waals surface area contributed by atoms with Gasteiger partial charge in [0.25, 0.3) is 0 Å². The molecule has 2 atom stereocenters. The first-order valence-corrected chi connectivity index (χ1v) is 8.08. The van der Waals surface area contributed by atoms with Crippen LogP contribution in [0.15, 0.2) is 65.6 Å². The second kappa shape index (κ2) is 5.57. The Morgan fingerprint density at radius 2 is 1.62 bits per heavy atom. The van der Waals surface area contributed by atoms with Gasteiger partial charge in [-0.25, -0.2) is 0 Å². The maximum atomic E-state index is 12.6. The fraction of sp³-hybridized carbons (Fsp3) is 0.278. The second-order valence-electron chi connectivity index (χ2n) is 5.43. The number of β-lactam (4-membered cyclic amide) rings is 1. The summed E-state index contributed by atoms with van der Waals surface area (Å²) in [6, 6.07) is 20.6. The van der Waals surface area contributed by atoms with Gasteiger partial charge >= 0.3 is 0 Å². The molecule has 1 heterocycles. The highest BCUT2D eigenvalue weighted by Crippen LogP contribution is 2.53. The lowest BCUT2D eigenvalue weighted by Gasteiger charge is -2.54. The van der Waals surface area contributed by atoms with E-state index in [-0.39, 0.29) is 11.9 Å². The van der Waals surface area contributed by atoms with E-state index < -0.39 is 4.75 Å². The smallest absolute Gasteiger partial charge is 0.241 e. The number of amides is 1. The summed E-state index contributed by atoms with van der Waals surface area (Å²) in [5, 5.41) is 0. The minimum absolute atomic E-state index is 0.140. The predicted octanol–water partition coefficient (Wildman–Crippen LogP) is 4.14. The average Bonchev–Trinajstić information content (AvgIpc) is 2.53. The number of hydrogen-bond acceptors (Lipinski definition) is 2. The molecule has 1 aliphatic rings. The van der Waals surface area contributed by atoms with Gasteiger partial charge in [0, 0.05) is 11.4 Å². The maximum absolute atomic E-state index is 12.6. The molecule has 0 aliphatic carbocycles. The molecule has 1 aliphatic heterocycles. The minimum atomic E-state index is -0.418. The van der Waals surface area contributed by atoms with Crippen LogP contribution in [0.5, 0.6) is 0 Å². The average molecular weight is 297 g/mol. The second-order valence-corrected chi connectivity index (χ2v) is 6.95. The molecular weight excluding hydrogens is 278 g/mol. The van der Waals surface area contributed by atoms with Crippen LogP contribution < -0.4 is 0 Å². The number of hydrogen-bond donors (Lipinski definition) is 0. The number of nitrogens with zero attached hydrogens (tertiary/aromatic N) is 1. The van der Waals surface area contributed by atoms with Crippen LogP contribution in [0.2, 0.25) is 0 Å². The highest BCUT2D eigenvalue weighted by atomic mass is 32.2. The molecule has 0 spiro atoms. The number of carbonyl (C=O) groups is 1. The molecule has 0 aromatic heterocycles. The van der Waals surface area contributed by atoms with Gasteiger partial charge in [-0.1, -0.05) is 48.5 Å². The number of thioether (sulfide) groups is 1. The van der Waals surface area contributed by atoms with Gasteiger partial charge in [-0.2, -0.15) is 0 Å². The van der Waals surface area contributed by atoms with Crippen molar-refractivity contribution in [2.75, 3.05) is 6.54 Å². The van der Waals surface area contributed by atoms with Gasteiger partial charge in [0.15, 0.2) is 0 Å². The van der Waals surface area contributed by atoms with Crippen molar-refractivity contribution in [2.24, 2.45) is 0 Å². The van der Waals surface area contributed by atoms with Crippen LogP contribution >= 0.6 is 11.8 Å². The Morgan fingerprint density at radius 3 is 2.19 bits per heavy atom. The van der Waals surface area contributed by atoms with Gasteiger partial charge in [-0.3, -0.25) is 4.79 Å². The maximum Gasteiger partial charge on any atom is 0.241 e. The number of carbonyl (C=O) groups excluding carboxylic acids is 1. The molecule has 21 heavy (non-hydrogen) atoms. The zero-order chi connectivity index (χ0) is 14.9. The molecule has 0 N–H and O–H groups in total. The Morgan fingerprint density at radius 1 is 1.05 bits per heavy atom. The van der Waals surface area contributed by atoms with Gasteiger partial charge in [0.1, 0.15) is 4.75 Å². The standard InChI is InChI=1S/C18H19NOS/c1-3-19-16(14-10-6-4-7-11-14)18(2,17(19)20)21-15-12-8-5-9-13-15/h4-13,16H,3H2,1-2H3/t16-,18-/m0/s1. The number of rotatable bonds is 4. The van der Waals surface area contributed by atoms with Crippen LogP contribution in [0.3, 0.4) is 0 Å². The normalized spacial score (nSPS) is 24.8. The summed E-state index contributed by atoms with van der Waals surface area (Å²) in [5.41, 5.74) is 1.21. The Kier molecular flexibility index (Phi) is 3.77. The lowest BCUT2D eigenvalue weighted by Crippen LogP contribution is -2.64. The van der Waals surface area contributed by atoms with Crippen molar-refractivity contribution in [1.29, 1.82) is 0 Å². The molecular formula is C18H19NOS. The van der Waals surface area contributed by atoms with Gasteiger partial charge in [0.05, 0.1) is 6.04 Å². The molecule has 0 radical (unpaired) electrons. The summed E-state index contributed by atoms with van der Waals surface area (Å²) in [4.78, 5) is 15.7. The van der Waals surface area contributed by atoms with E-state index in [1.165, 1.54) is 5.56 Å². The van der Waals surface area contributed by atoms with Gasteiger partial charge in [0.2, 0.25) is 5.91 Å². The molecule has 3 heteroatoms. The van der Waals surface area contributed by atoms with Crippen molar-refractivity contribution in [3.05, 3.63) is 66.2 Å². The highest BCUT2D eigenvalue weighted by Gasteiger charge is 2.57. The first-order valence-electron chi connectivity index (χ1n) is 7.27. The van der Waals surface area contributed by atoms with E-state index in [0.717, 1.165) is 11.4 Å². The molecule has 0 unspecified atom stereocenters. The molecule has 0 bridgehead atoms. The molecule has 2 nitrogen and oxygen atoms in total. The quantitative estimate of drug-likeness (QED) is 0.790. The Balaban J connectivity index is 1.94. The topological polar surface area (TPSA) is 20.3 Å². The third-order valence-electron chi connectivity index (χ3n) is 4.05. The van der Waals surface area contributed by atoms with Crippen LogP contribution in [0.1, 0.15) is 25.5 Å². The number of likely N-dealkylation sites (tertiary alicyclic amines) is 1. The monoisotopic (exact) mass is 297 g/mol. The van der Waals surface area contributed by atoms with Crippen molar-refractivity contribution in [3.8, 4) is 0 Å². The van der Waals surface area contributed by atoms with Gasteiger partial charge in [-0.15, -0.1) is 11.8 Å². The van der Waals surface area contributed by atoms with Crippen molar-refractivity contribution in [1.82, 2.24) is 4.90 Å².